The number of anilines is 1. The van der Waals surface area contributed by atoms with E-state index in [4.69, 9.17) is 5.21 Å². The number of nitrogens with one attached hydrogen (secondary N) is 3. The second-order valence-electron chi connectivity index (χ2n) is 10.5. The molecule has 1 saturated heterocycles. The molecular weight excluding hydrogens is 468 g/mol. The number of nitrogens with zero attached hydrogens (tertiary/aromatic N) is 1. The Bertz CT molecular complexity index is 998. The predicted octanol–water partition coefficient (Wildman–Crippen LogP) is 3.93. The second-order valence-corrected chi connectivity index (χ2v) is 10.5. The summed E-state index contributed by atoms with van der Waals surface area (Å²) in [6, 6.07) is 15.3. The van der Waals surface area contributed by atoms with Crippen molar-refractivity contribution in [2.24, 2.45) is 11.8 Å². The first-order valence-corrected chi connectivity index (χ1v) is 13.6. The van der Waals surface area contributed by atoms with Gasteiger partial charge in [-0.15, -0.1) is 0 Å². The number of rotatable bonds is 11. The lowest BCUT2D eigenvalue weighted by Crippen LogP contribution is -2.43. The maximum Gasteiger partial charge on any atom is 0.320 e. The third-order valence-corrected chi connectivity index (χ3v) is 7.91. The van der Waals surface area contributed by atoms with E-state index in [0.29, 0.717) is 18.0 Å². The zero-order valence-corrected chi connectivity index (χ0v) is 21.5. The zero-order valence-electron chi connectivity index (χ0n) is 21.5. The lowest BCUT2D eigenvalue weighted by molar-refractivity contribution is -0.141. The van der Waals surface area contributed by atoms with Crippen molar-refractivity contribution in [2.45, 2.75) is 64.1 Å². The van der Waals surface area contributed by atoms with E-state index in [1.54, 1.807) is 17.6 Å². The van der Waals surface area contributed by atoms with Crippen molar-refractivity contribution < 1.29 is 19.9 Å². The minimum Gasteiger partial charge on any atom is -0.480 e. The molecule has 1 atom stereocenters. The summed E-state index contributed by atoms with van der Waals surface area (Å²) in [5, 5.41) is 25.3. The molecule has 2 aromatic rings. The number of carbonyl (C=O) groups excluding carboxylic acids is 1. The van der Waals surface area contributed by atoms with Crippen LogP contribution in [0.15, 0.2) is 48.5 Å². The number of carboxylic acid groups (broad SMARTS) is 1. The predicted molar refractivity (Wildman–Crippen MR) is 144 cm³/mol. The first-order chi connectivity index (χ1) is 18.0. The van der Waals surface area contributed by atoms with Crippen molar-refractivity contribution in [3.8, 4) is 0 Å². The summed E-state index contributed by atoms with van der Waals surface area (Å²) in [4.78, 5) is 25.6. The van der Waals surface area contributed by atoms with Gasteiger partial charge in [0.25, 0.3) is 5.91 Å². The van der Waals surface area contributed by atoms with Crippen molar-refractivity contribution in [3.05, 3.63) is 65.2 Å². The molecular formula is C29H40N4O4. The second kappa shape index (κ2) is 13.6. The summed E-state index contributed by atoms with van der Waals surface area (Å²) in [5.41, 5.74) is 5.55. The van der Waals surface area contributed by atoms with Gasteiger partial charge in [0.1, 0.15) is 6.04 Å². The Morgan fingerprint density at radius 1 is 0.865 bits per heavy atom. The summed E-state index contributed by atoms with van der Waals surface area (Å²) in [7, 11) is 0. The van der Waals surface area contributed by atoms with Crippen molar-refractivity contribution in [2.75, 3.05) is 24.5 Å². The Kier molecular flexibility index (Phi) is 9.93. The molecule has 0 radical (unpaired) electrons. The van der Waals surface area contributed by atoms with Gasteiger partial charge in [-0.1, -0.05) is 43.5 Å². The number of hydroxylamine groups is 1. The van der Waals surface area contributed by atoms with E-state index in [0.717, 1.165) is 76.0 Å². The molecule has 0 bridgehead atoms. The Hall–Kier alpha value is -2.94. The molecule has 1 aliphatic carbocycles. The van der Waals surface area contributed by atoms with Gasteiger partial charge in [-0.2, -0.15) is 0 Å². The van der Waals surface area contributed by atoms with E-state index < -0.39 is 17.9 Å². The van der Waals surface area contributed by atoms with Crippen molar-refractivity contribution in [3.63, 3.8) is 0 Å². The number of carbonyl (C=O) groups is 2. The van der Waals surface area contributed by atoms with Crippen molar-refractivity contribution in [1.82, 2.24) is 16.1 Å². The smallest absolute Gasteiger partial charge is 0.320 e. The maximum atomic E-state index is 11.8. The van der Waals surface area contributed by atoms with Crippen LogP contribution in [-0.2, 0) is 17.9 Å². The Balaban J connectivity index is 1.15. The van der Waals surface area contributed by atoms with Crippen LogP contribution in [0.5, 0.6) is 0 Å². The quantitative estimate of drug-likeness (QED) is 0.231. The van der Waals surface area contributed by atoms with Crippen LogP contribution >= 0.6 is 0 Å². The highest BCUT2D eigenvalue weighted by molar-refractivity contribution is 5.93. The van der Waals surface area contributed by atoms with Crippen LogP contribution in [0.4, 0.5) is 5.69 Å². The van der Waals surface area contributed by atoms with Crippen molar-refractivity contribution >= 4 is 17.6 Å². The summed E-state index contributed by atoms with van der Waals surface area (Å²) in [6.07, 6.45) is 7.74. The van der Waals surface area contributed by atoms with E-state index in [-0.39, 0.29) is 5.92 Å². The average Bonchev–Trinajstić information content (AvgIpc) is 2.94. The minimum atomic E-state index is -0.733. The van der Waals surface area contributed by atoms with Gasteiger partial charge in [0.2, 0.25) is 0 Å². The lowest BCUT2D eigenvalue weighted by Gasteiger charge is -2.33. The molecule has 0 unspecified atom stereocenters. The number of amides is 1. The van der Waals surface area contributed by atoms with Gasteiger partial charge >= 0.3 is 5.97 Å². The van der Waals surface area contributed by atoms with Gasteiger partial charge in [-0.05, 0) is 79.5 Å². The lowest BCUT2D eigenvalue weighted by atomic mass is 9.84. The van der Waals surface area contributed by atoms with Crippen LogP contribution in [0.2, 0.25) is 0 Å². The fraction of sp³-hybridized carbons (Fsp3) is 0.517. The minimum absolute atomic E-state index is 0.238. The average molecular weight is 509 g/mol. The van der Waals surface area contributed by atoms with Crippen LogP contribution in [0, 0.1) is 11.8 Å². The van der Waals surface area contributed by atoms with Gasteiger partial charge in [0.05, 0.1) is 0 Å². The Labute approximate surface area is 219 Å². The molecule has 2 aliphatic rings. The van der Waals surface area contributed by atoms with Crippen LogP contribution in [0.25, 0.3) is 0 Å². The van der Waals surface area contributed by atoms with Gasteiger partial charge in [-0.3, -0.25) is 14.8 Å². The standard InChI is InChI=1S/C29H40N4O4/c34-28(32-37)25-10-12-26(13-11-25)33-16-14-23(15-17-33)19-30-18-21-6-8-22(9-7-21)20-31-27(29(35)36)24-4-2-1-3-5-24/h6-13,23-24,27,30-31,37H,1-5,14-20H2,(H,32,34)(H,35,36)/t27-/m0/s1. The molecule has 200 valence electrons. The number of hydrogen-bond donors (Lipinski definition) is 5. The van der Waals surface area contributed by atoms with E-state index in [1.807, 2.05) is 12.1 Å². The highest BCUT2D eigenvalue weighted by atomic mass is 16.5. The molecule has 4 rings (SSSR count). The molecule has 0 spiro atoms. The number of aliphatic carboxylic acids is 1. The molecule has 8 nitrogen and oxygen atoms in total. The van der Waals surface area contributed by atoms with Gasteiger partial charge in [-0.25, -0.2) is 5.48 Å². The molecule has 2 aromatic carbocycles. The maximum absolute atomic E-state index is 11.8. The van der Waals surface area contributed by atoms with E-state index in [9.17, 15) is 14.7 Å². The molecule has 5 N–H and O–H groups in total. The van der Waals surface area contributed by atoms with Gasteiger partial charge in [0.15, 0.2) is 0 Å². The number of carboxylic acids is 1. The van der Waals surface area contributed by atoms with Crippen molar-refractivity contribution in [1.29, 1.82) is 0 Å². The van der Waals surface area contributed by atoms with E-state index in [1.165, 1.54) is 12.0 Å². The molecule has 1 aliphatic heterocycles. The molecule has 1 amide bonds. The third kappa shape index (κ3) is 7.77. The Morgan fingerprint density at radius 3 is 2.08 bits per heavy atom. The highest BCUT2D eigenvalue weighted by Gasteiger charge is 2.28. The Morgan fingerprint density at radius 2 is 1.49 bits per heavy atom. The van der Waals surface area contributed by atoms with Crippen LogP contribution in [0.3, 0.4) is 0 Å². The first-order valence-electron chi connectivity index (χ1n) is 13.6. The molecule has 2 fully saturated rings. The van der Waals surface area contributed by atoms with Gasteiger partial charge in [0, 0.05) is 37.4 Å². The summed E-state index contributed by atoms with van der Waals surface area (Å²) < 4.78 is 0. The van der Waals surface area contributed by atoms with Gasteiger partial charge < -0.3 is 20.6 Å². The first kappa shape index (κ1) is 27.1. The summed E-state index contributed by atoms with van der Waals surface area (Å²) in [5.74, 6) is -0.359. The highest BCUT2D eigenvalue weighted by Crippen LogP contribution is 2.27. The fourth-order valence-electron chi connectivity index (χ4n) is 5.63. The monoisotopic (exact) mass is 508 g/mol. The summed E-state index contributed by atoms with van der Waals surface area (Å²) >= 11 is 0. The van der Waals surface area contributed by atoms with Crippen LogP contribution in [0.1, 0.15) is 66.4 Å². The van der Waals surface area contributed by atoms with Crippen LogP contribution in [-0.4, -0.2) is 47.9 Å². The van der Waals surface area contributed by atoms with E-state index in [2.05, 4.69) is 39.8 Å². The summed E-state index contributed by atoms with van der Waals surface area (Å²) in [6.45, 7) is 4.35. The molecule has 37 heavy (non-hydrogen) atoms. The normalized spacial score (nSPS) is 17.9. The molecule has 1 heterocycles. The number of piperidine rings is 1. The topological polar surface area (TPSA) is 114 Å². The third-order valence-electron chi connectivity index (χ3n) is 7.91. The SMILES string of the molecule is O=C(NO)c1ccc(N2CCC(CNCc3ccc(CN[C@H](C(=O)O)C4CCCCC4)cc3)CC2)cc1. The molecule has 1 saturated carbocycles. The number of hydrogen-bond acceptors (Lipinski definition) is 6. The molecule has 8 heteroatoms. The zero-order chi connectivity index (χ0) is 26.0. The van der Waals surface area contributed by atoms with E-state index >= 15 is 0 Å². The number of benzene rings is 2. The fourth-order valence-corrected chi connectivity index (χ4v) is 5.63. The van der Waals surface area contributed by atoms with Crippen LogP contribution < -0.4 is 21.0 Å². The molecule has 0 aromatic heterocycles. The largest absolute Gasteiger partial charge is 0.480 e.